The highest BCUT2D eigenvalue weighted by molar-refractivity contribution is 7.95. The number of nitrogens with one attached hydrogen (secondary N) is 1. The number of aryl methyl sites for hydroxylation is 1. The Labute approximate surface area is 654 Å². The van der Waals surface area contributed by atoms with E-state index >= 15 is 0 Å². The Morgan fingerprint density at radius 2 is 0.956 bits per heavy atom. The van der Waals surface area contributed by atoms with Crippen molar-refractivity contribution in [3.63, 3.8) is 0 Å². The number of azo groups is 5. The molecule has 596 valence electrons. The molecule has 0 aliphatic heterocycles. The maximum absolute atomic E-state index is 13.7. The van der Waals surface area contributed by atoms with Crippen LogP contribution in [0.25, 0.3) is 43.1 Å². The topological polar surface area (TPSA) is 660 Å². The quantitative estimate of drug-likeness (QED) is 0.00354. The van der Waals surface area contributed by atoms with E-state index in [1.807, 2.05) is 0 Å². The number of fused-ring (bicyclic) bond motifs is 4. The third-order valence-corrected chi connectivity index (χ3v) is 21.3. The van der Waals surface area contributed by atoms with Gasteiger partial charge >= 0.3 is 34.1 Å². The molecule has 3 atom stereocenters. The van der Waals surface area contributed by atoms with Crippen LogP contribution in [-0.2, 0) is 93.3 Å². The predicted octanol–water partition coefficient (Wildman–Crippen LogP) is 16.1. The lowest BCUT2D eigenvalue weighted by molar-refractivity contribution is -0.432. The molecule has 0 aliphatic carbocycles. The van der Waals surface area contributed by atoms with E-state index in [4.69, 9.17) is 27.8 Å². The minimum Gasteiger partial charge on any atom is -0.507 e. The molecule has 11 aromatic carbocycles. The van der Waals surface area contributed by atoms with Gasteiger partial charge in [0.2, 0.25) is 0 Å². The highest BCUT2D eigenvalue weighted by Crippen LogP contribution is 2.53. The standard InChI is InChI=1S/C62H47N11O32S9/c1-29-20-45(48(98-18-7-19-106-104-102-78)28-44(29)67-69-46-23-32(99-108(80)81)21-30-22-33(100-109(82)83)24-47(74)53(30)46)68-71-55-49(101-110(84)85)25-38-35(58(55)75)13-16-42(61(38)113(92,93)94)65-70-54-37-27-52(112(89,90)91)57(60(77)34(37)12-15-41(54)63-31-8-3-2-4-9-31)73-66-43-17-14-36-39(62(43)114(95,96)97)26-50(107-105-103-79)56(59(36)76)72-64-40-10-5-6-11-51(40)111(86,87)88/h2-6,8-17,20-28,63,74-79H,7,18-19H2,1H3,(H,80,81)(H,82,83)(H,84,85)(H,86,87,88)(H,89,90,91)(H,92,93,94)(H,95,96,97). The molecule has 0 heterocycles. The fraction of sp³-hybridized carbons (Fsp3) is 0.0645. The molecule has 0 saturated heterocycles. The molecule has 0 spiro atoms. The van der Waals surface area contributed by atoms with Gasteiger partial charge in [0, 0.05) is 74.0 Å². The van der Waals surface area contributed by atoms with Crippen molar-refractivity contribution in [2.75, 3.05) is 17.7 Å². The largest absolute Gasteiger partial charge is 0.507 e. The van der Waals surface area contributed by atoms with Crippen molar-refractivity contribution in [3.05, 3.63) is 151 Å². The van der Waals surface area contributed by atoms with Crippen LogP contribution in [-0.4, -0.2) is 121 Å². The minimum atomic E-state index is -5.66. The molecule has 14 N–H and O–H groups in total. The SMILES string of the molecule is Cc1cc(N=Nc2c(OS(=O)O)cc3c(S(=O)(=O)O)c(N=Nc4c(Nc5ccccc5)ccc5c(O)c(N=Nc6ccc7c(O)c(N=Nc8ccccc8S(=O)(=O)O)c(SOOO)cc7c6S(=O)(=O)O)c(S(=O)(=O)O)cc45)ccc3c2O)c(OCCCSOOO)cc1N=Nc1cc(OS(=O)O)cc2cc(OS(=O)O)cc(O)c12. The van der Waals surface area contributed by atoms with Gasteiger partial charge in [0.05, 0.1) is 40.3 Å². The second-order valence-corrected chi connectivity index (χ2v) is 31.4. The van der Waals surface area contributed by atoms with Crippen LogP contribution in [0.15, 0.2) is 221 Å². The van der Waals surface area contributed by atoms with E-state index in [1.54, 1.807) is 30.3 Å². The summed E-state index contributed by atoms with van der Waals surface area (Å²) < 4.78 is 242. The molecule has 3 unspecified atom stereocenters. The summed E-state index contributed by atoms with van der Waals surface area (Å²) in [6, 6.07) is 27.8. The van der Waals surface area contributed by atoms with Crippen molar-refractivity contribution in [2.24, 2.45) is 51.1 Å². The first-order valence-corrected chi connectivity index (χ1v) is 41.1. The second kappa shape index (κ2) is 35.2. The number of rotatable bonds is 32. The molecule has 43 nitrogen and oxygen atoms in total. The van der Waals surface area contributed by atoms with Gasteiger partial charge in [-0.25, -0.2) is 10.5 Å². The number of benzene rings is 11. The van der Waals surface area contributed by atoms with Gasteiger partial charge in [-0.05, 0) is 121 Å². The van der Waals surface area contributed by atoms with Crippen molar-refractivity contribution in [2.45, 2.75) is 37.8 Å². The highest BCUT2D eigenvalue weighted by Gasteiger charge is 2.31. The summed E-state index contributed by atoms with van der Waals surface area (Å²) in [5.74, 6) is -5.25. The molecular formula is C62H47N11O32S9. The average molecular weight is 1750 g/mol. The summed E-state index contributed by atoms with van der Waals surface area (Å²) in [7, 11) is -21.8. The van der Waals surface area contributed by atoms with Gasteiger partial charge in [-0.2, -0.15) is 51.4 Å². The maximum Gasteiger partial charge on any atom is 0.357 e. The first kappa shape index (κ1) is 84.0. The second-order valence-electron chi connectivity index (χ2n) is 22.5. The Bertz CT molecular complexity index is 6430. The smallest absolute Gasteiger partial charge is 0.357 e. The van der Waals surface area contributed by atoms with Crippen LogP contribution in [0.1, 0.15) is 12.0 Å². The van der Waals surface area contributed by atoms with E-state index in [2.05, 4.69) is 75.2 Å². The van der Waals surface area contributed by atoms with Gasteiger partial charge in [-0.15, -0.1) is 54.7 Å². The zero-order valence-electron chi connectivity index (χ0n) is 56.2. The fourth-order valence-corrected chi connectivity index (χ4v) is 15.4. The lowest BCUT2D eigenvalue weighted by Crippen LogP contribution is -2.02. The Kier molecular flexibility index (Phi) is 26.0. The molecule has 0 radical (unpaired) electrons. The monoisotopic (exact) mass is 1740 g/mol. The number of aromatic hydroxyl groups is 4. The van der Waals surface area contributed by atoms with Crippen molar-refractivity contribution >= 4 is 210 Å². The number of para-hydroxylation sites is 1. The van der Waals surface area contributed by atoms with E-state index in [1.165, 1.54) is 49.4 Å². The third kappa shape index (κ3) is 19.5. The van der Waals surface area contributed by atoms with Gasteiger partial charge < -0.3 is 43.0 Å². The van der Waals surface area contributed by atoms with Crippen molar-refractivity contribution in [1.82, 2.24) is 0 Å². The van der Waals surface area contributed by atoms with Gasteiger partial charge in [0.15, 0.2) is 28.7 Å². The summed E-state index contributed by atoms with van der Waals surface area (Å²) >= 11 is -8.35. The Balaban J connectivity index is 1.01. The van der Waals surface area contributed by atoms with Gasteiger partial charge in [-0.3, -0.25) is 31.9 Å². The number of anilines is 2. The molecule has 0 amide bonds. The lowest BCUT2D eigenvalue weighted by Gasteiger charge is -2.15. The zero-order valence-corrected chi connectivity index (χ0v) is 63.5. The summed E-state index contributed by atoms with van der Waals surface area (Å²) in [5, 5.41) is 112. The van der Waals surface area contributed by atoms with E-state index in [0.29, 0.717) is 23.8 Å². The van der Waals surface area contributed by atoms with Crippen LogP contribution < -0.4 is 22.6 Å². The van der Waals surface area contributed by atoms with Crippen LogP contribution in [0.4, 0.5) is 68.2 Å². The van der Waals surface area contributed by atoms with E-state index < -0.39 is 200 Å². The lowest BCUT2D eigenvalue weighted by atomic mass is 10.0. The number of hydrogen-bond donors (Lipinski definition) is 14. The summed E-state index contributed by atoms with van der Waals surface area (Å²) in [5.41, 5.74) is -5.19. The number of nitrogens with zero attached hydrogens (tertiary/aromatic N) is 10. The Morgan fingerprint density at radius 1 is 0.439 bits per heavy atom. The molecule has 0 aliphatic rings. The van der Waals surface area contributed by atoms with Crippen molar-refractivity contribution in [3.8, 4) is 46.0 Å². The molecule has 0 bridgehead atoms. The molecule has 0 saturated carbocycles. The molecule has 0 aromatic heterocycles. The Hall–Kier alpha value is -10.9. The van der Waals surface area contributed by atoms with E-state index in [9.17, 15) is 98.6 Å². The highest BCUT2D eigenvalue weighted by atomic mass is 32.2. The summed E-state index contributed by atoms with van der Waals surface area (Å²) in [6.45, 7) is 1.33. The van der Waals surface area contributed by atoms with Crippen molar-refractivity contribution < 1.29 is 145 Å². The molecule has 11 rings (SSSR count). The number of phenolic OH excluding ortho intramolecular Hbond substituents is 4. The van der Waals surface area contributed by atoms with E-state index in [-0.39, 0.29) is 87.2 Å². The molecular weight excluding hydrogens is 1700 g/mol. The molecule has 52 heteroatoms. The maximum atomic E-state index is 13.7. The first-order valence-electron chi connectivity index (χ1n) is 30.6. The first-order chi connectivity index (χ1) is 54.0. The Morgan fingerprint density at radius 3 is 1.57 bits per heavy atom. The summed E-state index contributed by atoms with van der Waals surface area (Å²) in [6.07, 6.45) is 0.175. The van der Waals surface area contributed by atoms with Gasteiger partial charge in [0.1, 0.15) is 88.1 Å². The summed E-state index contributed by atoms with van der Waals surface area (Å²) in [4.78, 5) is -4.94. The zero-order chi connectivity index (χ0) is 82.3. The number of hydrogen-bond acceptors (Lipinski definition) is 38. The molecule has 114 heavy (non-hydrogen) atoms. The average Bonchev–Trinajstić information content (AvgIpc) is 0.751. The van der Waals surface area contributed by atoms with Crippen LogP contribution in [0, 0.1) is 6.92 Å². The predicted molar refractivity (Wildman–Crippen MR) is 402 cm³/mol. The normalized spacial score (nSPS) is 13.4. The third-order valence-electron chi connectivity index (χ3n) is 15.4. The number of ether oxygens (including phenoxy) is 1. The van der Waals surface area contributed by atoms with Gasteiger partial charge in [0.25, 0.3) is 40.5 Å². The molecule has 11 aromatic rings. The van der Waals surface area contributed by atoms with E-state index in [0.717, 1.165) is 66.7 Å². The molecule has 0 fully saturated rings. The van der Waals surface area contributed by atoms with Crippen LogP contribution in [0.5, 0.6) is 46.0 Å². The van der Waals surface area contributed by atoms with Crippen LogP contribution in [0.2, 0.25) is 0 Å². The minimum absolute atomic E-state index is 0.00620. The van der Waals surface area contributed by atoms with Crippen LogP contribution in [0.3, 0.4) is 0 Å². The van der Waals surface area contributed by atoms with Crippen LogP contribution >= 0.6 is 24.1 Å². The number of phenols is 4. The van der Waals surface area contributed by atoms with Crippen molar-refractivity contribution in [1.29, 1.82) is 0 Å². The van der Waals surface area contributed by atoms with Gasteiger partial charge in [-0.1, -0.05) is 40.4 Å². The fourth-order valence-electron chi connectivity index (χ4n) is 10.9.